The van der Waals surface area contributed by atoms with Gasteiger partial charge in [0.25, 0.3) is 0 Å². The summed E-state index contributed by atoms with van der Waals surface area (Å²) in [7, 11) is 0. The molecule has 25 heavy (non-hydrogen) atoms. The number of nitrogens with zero attached hydrogens (tertiary/aromatic N) is 1. The predicted molar refractivity (Wildman–Crippen MR) is 99.7 cm³/mol. The lowest BCUT2D eigenvalue weighted by Crippen LogP contribution is -2.51. The molecule has 1 aliphatic rings. The van der Waals surface area contributed by atoms with Crippen LogP contribution in [0.5, 0.6) is 0 Å². The zero-order valence-electron chi connectivity index (χ0n) is 14.3. The van der Waals surface area contributed by atoms with Crippen molar-refractivity contribution in [3.8, 4) is 0 Å². The Kier molecular flexibility index (Phi) is 3.96. The van der Waals surface area contributed by atoms with Crippen molar-refractivity contribution in [3.63, 3.8) is 0 Å². The summed E-state index contributed by atoms with van der Waals surface area (Å²) in [5.74, 6) is 0.385. The van der Waals surface area contributed by atoms with Crippen molar-refractivity contribution in [3.05, 3.63) is 102 Å². The molecule has 0 saturated heterocycles. The fourth-order valence-electron chi connectivity index (χ4n) is 4.27. The van der Waals surface area contributed by atoms with Crippen LogP contribution in [-0.4, -0.2) is 10.8 Å². The van der Waals surface area contributed by atoms with E-state index in [4.69, 9.17) is 0 Å². The van der Waals surface area contributed by atoms with Crippen LogP contribution in [-0.2, 0) is 5.41 Å². The van der Waals surface area contributed by atoms with Crippen molar-refractivity contribution in [2.75, 3.05) is 0 Å². The third-order valence-corrected chi connectivity index (χ3v) is 5.54. The number of ketones is 1. The molecule has 1 fully saturated rings. The number of hydrogen-bond donors (Lipinski definition) is 0. The normalized spacial score (nSPS) is 25.2. The number of carbonyl (C=O) groups is 1. The molecule has 1 saturated carbocycles. The molecule has 124 valence electrons. The Morgan fingerprint density at radius 2 is 1.56 bits per heavy atom. The maximum Gasteiger partial charge on any atom is 0.166 e. The van der Waals surface area contributed by atoms with Crippen LogP contribution in [0.1, 0.15) is 40.9 Å². The highest BCUT2D eigenvalue weighted by atomic mass is 16.1. The summed E-state index contributed by atoms with van der Waals surface area (Å²) in [6, 6.07) is 26.1. The van der Waals surface area contributed by atoms with E-state index in [0.717, 1.165) is 17.7 Å². The second-order valence-corrected chi connectivity index (χ2v) is 7.06. The van der Waals surface area contributed by atoms with Gasteiger partial charge in [0.15, 0.2) is 5.78 Å². The monoisotopic (exact) mass is 327 g/mol. The Labute approximate surface area is 148 Å². The largest absolute Gasteiger partial charge is 0.294 e. The van der Waals surface area contributed by atoms with Crippen molar-refractivity contribution in [2.45, 2.75) is 24.7 Å². The van der Waals surface area contributed by atoms with Crippen LogP contribution in [0.25, 0.3) is 0 Å². The summed E-state index contributed by atoms with van der Waals surface area (Å²) in [4.78, 5) is 17.7. The van der Waals surface area contributed by atoms with Gasteiger partial charge in [-0.05, 0) is 24.1 Å². The highest BCUT2D eigenvalue weighted by Gasteiger charge is 2.55. The third-order valence-electron chi connectivity index (χ3n) is 5.54. The first-order chi connectivity index (χ1) is 12.2. The number of rotatable bonds is 4. The second kappa shape index (κ2) is 6.29. The van der Waals surface area contributed by atoms with Crippen LogP contribution >= 0.6 is 0 Å². The lowest BCUT2D eigenvalue weighted by atomic mass is 9.49. The highest BCUT2D eigenvalue weighted by Crippen LogP contribution is 2.58. The molecule has 0 amide bonds. The van der Waals surface area contributed by atoms with Gasteiger partial charge in [0.2, 0.25) is 0 Å². The molecule has 2 nitrogen and oxygen atoms in total. The molecular weight excluding hydrogens is 306 g/mol. The summed E-state index contributed by atoms with van der Waals surface area (Å²) < 4.78 is 0. The lowest BCUT2D eigenvalue weighted by molar-refractivity contribution is 0.0613. The van der Waals surface area contributed by atoms with Gasteiger partial charge < -0.3 is 0 Å². The maximum atomic E-state index is 13.1. The van der Waals surface area contributed by atoms with E-state index in [1.165, 1.54) is 5.56 Å². The summed E-state index contributed by atoms with van der Waals surface area (Å²) >= 11 is 0. The number of pyridine rings is 1. The van der Waals surface area contributed by atoms with Gasteiger partial charge in [-0.2, -0.15) is 0 Å². The molecule has 2 heteroatoms. The molecule has 3 aromatic rings. The van der Waals surface area contributed by atoms with Gasteiger partial charge >= 0.3 is 0 Å². The minimum absolute atomic E-state index is 0.00296. The number of carbonyl (C=O) groups excluding carboxylic acids is 1. The van der Waals surface area contributed by atoms with E-state index in [2.05, 4.69) is 42.2 Å². The van der Waals surface area contributed by atoms with E-state index >= 15 is 0 Å². The van der Waals surface area contributed by atoms with E-state index in [1.54, 1.807) is 0 Å². The summed E-state index contributed by atoms with van der Waals surface area (Å²) in [6.07, 6.45) is 2.67. The Balaban J connectivity index is 1.74. The predicted octanol–water partition coefficient (Wildman–Crippen LogP) is 5.03. The van der Waals surface area contributed by atoms with E-state index < -0.39 is 0 Å². The number of Topliss-reactive ketones (excluding diaryl/α,β-unsaturated/α-hetero) is 1. The molecule has 4 rings (SSSR count). The third kappa shape index (κ3) is 2.68. The van der Waals surface area contributed by atoms with Crippen molar-refractivity contribution < 1.29 is 4.79 Å². The Morgan fingerprint density at radius 1 is 0.920 bits per heavy atom. The van der Waals surface area contributed by atoms with Gasteiger partial charge in [-0.3, -0.25) is 9.78 Å². The topological polar surface area (TPSA) is 30.0 Å². The van der Waals surface area contributed by atoms with Crippen molar-refractivity contribution in [2.24, 2.45) is 5.92 Å². The van der Waals surface area contributed by atoms with Crippen molar-refractivity contribution in [1.82, 2.24) is 4.98 Å². The molecule has 0 unspecified atom stereocenters. The maximum absolute atomic E-state index is 13.1. The number of hydrogen-bond acceptors (Lipinski definition) is 2. The molecule has 0 N–H and O–H groups in total. The van der Waals surface area contributed by atoms with Crippen molar-refractivity contribution in [1.29, 1.82) is 0 Å². The van der Waals surface area contributed by atoms with E-state index in [0.29, 0.717) is 0 Å². The van der Waals surface area contributed by atoms with Gasteiger partial charge in [-0.15, -0.1) is 0 Å². The standard InChI is InChI=1S/C23H21NO/c1-23(20-14-8-9-15-24-20)16-19(21(23)17-10-4-2-5-11-17)22(25)18-12-6-3-7-13-18/h2-15,19,21H,16H2,1H3/t19-,21+,23+/m1/s1. The average molecular weight is 327 g/mol. The fraction of sp³-hybridized carbons (Fsp3) is 0.217. The van der Waals surface area contributed by atoms with E-state index in [1.807, 2.05) is 54.7 Å². The molecule has 1 aromatic heterocycles. The van der Waals surface area contributed by atoms with Crippen LogP contribution in [0.3, 0.4) is 0 Å². The average Bonchev–Trinajstić information content (AvgIpc) is 2.67. The minimum Gasteiger partial charge on any atom is -0.294 e. The molecule has 0 aliphatic heterocycles. The van der Waals surface area contributed by atoms with Crippen LogP contribution in [0.15, 0.2) is 85.1 Å². The second-order valence-electron chi connectivity index (χ2n) is 7.06. The van der Waals surface area contributed by atoms with Crippen LogP contribution in [0, 0.1) is 5.92 Å². The van der Waals surface area contributed by atoms with Gasteiger partial charge in [-0.1, -0.05) is 73.7 Å². The highest BCUT2D eigenvalue weighted by molar-refractivity contribution is 5.99. The molecular formula is C23H21NO. The van der Waals surface area contributed by atoms with Gasteiger partial charge in [0.1, 0.15) is 0 Å². The van der Waals surface area contributed by atoms with Crippen LogP contribution in [0.4, 0.5) is 0 Å². The van der Waals surface area contributed by atoms with E-state index in [9.17, 15) is 4.79 Å². The molecule has 3 atom stereocenters. The number of benzene rings is 2. The summed E-state index contributed by atoms with van der Waals surface area (Å²) in [6.45, 7) is 2.24. The molecule has 1 heterocycles. The summed E-state index contributed by atoms with van der Waals surface area (Å²) in [5.41, 5.74) is 2.98. The SMILES string of the molecule is C[C@@]1(c2ccccn2)C[C@@H](C(=O)c2ccccc2)[C@@H]1c1ccccc1. The summed E-state index contributed by atoms with van der Waals surface area (Å²) in [5, 5.41) is 0. The van der Waals surface area contributed by atoms with Crippen LogP contribution in [0.2, 0.25) is 0 Å². The molecule has 0 spiro atoms. The van der Waals surface area contributed by atoms with Crippen molar-refractivity contribution >= 4 is 5.78 Å². The molecule has 0 bridgehead atoms. The van der Waals surface area contributed by atoms with Gasteiger partial charge in [-0.25, -0.2) is 0 Å². The first-order valence-corrected chi connectivity index (χ1v) is 8.76. The fourth-order valence-corrected chi connectivity index (χ4v) is 4.27. The molecule has 0 radical (unpaired) electrons. The van der Waals surface area contributed by atoms with Gasteiger partial charge in [0.05, 0.1) is 0 Å². The Morgan fingerprint density at radius 3 is 2.20 bits per heavy atom. The zero-order chi connectivity index (χ0) is 17.3. The zero-order valence-corrected chi connectivity index (χ0v) is 14.3. The van der Waals surface area contributed by atoms with Gasteiger partial charge in [0, 0.05) is 34.7 Å². The Hall–Kier alpha value is -2.74. The first-order valence-electron chi connectivity index (χ1n) is 8.76. The quantitative estimate of drug-likeness (QED) is 0.629. The molecule has 2 aromatic carbocycles. The number of aromatic nitrogens is 1. The Bertz CT molecular complexity index is 860. The molecule has 1 aliphatic carbocycles. The minimum atomic E-state index is -0.113. The first kappa shape index (κ1) is 15.8. The van der Waals surface area contributed by atoms with E-state index in [-0.39, 0.29) is 23.0 Å². The smallest absolute Gasteiger partial charge is 0.166 e. The lowest BCUT2D eigenvalue weighted by Gasteiger charge is -2.52. The van der Waals surface area contributed by atoms with Crippen LogP contribution < -0.4 is 0 Å².